The molecular formula is C27H44O2. The predicted octanol–water partition coefficient (Wildman–Crippen LogP) is 6.26. The molecule has 5 rings (SSSR count). The minimum absolute atomic E-state index is 0.0925. The molecule has 5 aliphatic carbocycles. The van der Waals surface area contributed by atoms with E-state index in [-0.39, 0.29) is 11.7 Å². The van der Waals surface area contributed by atoms with Crippen LogP contribution in [0.15, 0.2) is 11.6 Å². The summed E-state index contributed by atoms with van der Waals surface area (Å²) in [5.74, 6) is 4.32. The van der Waals surface area contributed by atoms with Gasteiger partial charge in [-0.1, -0.05) is 45.3 Å². The molecular weight excluding hydrogens is 356 g/mol. The lowest BCUT2D eigenvalue weighted by atomic mass is 9.47. The zero-order valence-electron chi connectivity index (χ0n) is 19.1. The van der Waals surface area contributed by atoms with E-state index in [0.29, 0.717) is 10.8 Å². The summed E-state index contributed by atoms with van der Waals surface area (Å²) in [4.78, 5) is 0. The zero-order valence-corrected chi connectivity index (χ0v) is 19.1. The lowest BCUT2D eigenvalue weighted by Gasteiger charge is -2.58. The van der Waals surface area contributed by atoms with Crippen LogP contribution in [0, 0.1) is 40.4 Å². The largest absolute Gasteiger partial charge is 0.393 e. The molecule has 5 aliphatic rings. The molecule has 0 amide bonds. The van der Waals surface area contributed by atoms with Crippen molar-refractivity contribution < 1.29 is 10.2 Å². The maximum absolute atomic E-state index is 10.2. The Kier molecular flexibility index (Phi) is 5.03. The maximum Gasteiger partial charge on any atom is 0.0650 e. The number of aliphatic hydroxyl groups is 2. The fourth-order valence-corrected chi connectivity index (χ4v) is 8.97. The lowest BCUT2D eigenvalue weighted by molar-refractivity contribution is -0.0574. The quantitative estimate of drug-likeness (QED) is 0.535. The molecule has 29 heavy (non-hydrogen) atoms. The third-order valence-electron chi connectivity index (χ3n) is 11.0. The van der Waals surface area contributed by atoms with Crippen LogP contribution in [0.3, 0.4) is 0 Å². The Morgan fingerprint density at radius 1 is 1.03 bits per heavy atom. The Bertz CT molecular complexity index is 663. The van der Waals surface area contributed by atoms with Gasteiger partial charge in [0.05, 0.1) is 11.7 Å². The summed E-state index contributed by atoms with van der Waals surface area (Å²) in [6, 6.07) is 0. The second kappa shape index (κ2) is 7.09. The molecule has 4 saturated carbocycles. The van der Waals surface area contributed by atoms with Gasteiger partial charge in [0.25, 0.3) is 0 Å². The van der Waals surface area contributed by atoms with Crippen molar-refractivity contribution in [2.45, 2.75) is 116 Å². The Hall–Kier alpha value is -0.340. The second-order valence-corrected chi connectivity index (χ2v) is 12.5. The average Bonchev–Trinajstić information content (AvgIpc) is 3.29. The molecule has 0 aliphatic heterocycles. The van der Waals surface area contributed by atoms with Gasteiger partial charge in [-0.05, 0) is 111 Å². The Morgan fingerprint density at radius 2 is 1.83 bits per heavy atom. The van der Waals surface area contributed by atoms with Gasteiger partial charge < -0.3 is 10.2 Å². The van der Waals surface area contributed by atoms with Gasteiger partial charge in [0.2, 0.25) is 0 Å². The topological polar surface area (TPSA) is 40.5 Å². The molecule has 8 atom stereocenters. The Balaban J connectivity index is 1.29. The van der Waals surface area contributed by atoms with Crippen molar-refractivity contribution in [3.05, 3.63) is 11.6 Å². The SMILES string of the molecule is C[C@H](CCCC1(O)CC1)C1CCC2[C@@H]3CC=C4CC(O)CCC4(C)C3CCC21C. The normalized spacial score (nSPS) is 48.9. The molecule has 0 heterocycles. The van der Waals surface area contributed by atoms with Crippen LogP contribution >= 0.6 is 0 Å². The molecule has 0 aromatic carbocycles. The van der Waals surface area contributed by atoms with Crippen molar-refractivity contribution in [3.63, 3.8) is 0 Å². The van der Waals surface area contributed by atoms with E-state index in [9.17, 15) is 10.2 Å². The number of rotatable bonds is 5. The Morgan fingerprint density at radius 3 is 2.59 bits per heavy atom. The van der Waals surface area contributed by atoms with Gasteiger partial charge in [0.1, 0.15) is 0 Å². The van der Waals surface area contributed by atoms with Crippen molar-refractivity contribution in [1.29, 1.82) is 0 Å². The van der Waals surface area contributed by atoms with Gasteiger partial charge in [0, 0.05) is 0 Å². The second-order valence-electron chi connectivity index (χ2n) is 12.5. The van der Waals surface area contributed by atoms with Gasteiger partial charge in [0.15, 0.2) is 0 Å². The van der Waals surface area contributed by atoms with Crippen LogP contribution in [0.25, 0.3) is 0 Å². The molecule has 2 heteroatoms. The first kappa shape index (κ1) is 20.6. The standard InChI is InChI=1S/C27H44O2/c1-18(5-4-12-27(29)15-16-27)22-8-9-23-21-7-6-19-17-20(28)10-13-25(19,2)24(21)11-14-26(22,23)3/h6,18,20-24,28-29H,4-5,7-17H2,1-3H3/t18-,20?,21+,22?,23?,24?,25?,26?/m1/s1. The smallest absolute Gasteiger partial charge is 0.0650 e. The summed E-state index contributed by atoms with van der Waals surface area (Å²) in [5.41, 5.74) is 2.23. The summed E-state index contributed by atoms with van der Waals surface area (Å²) in [7, 11) is 0. The van der Waals surface area contributed by atoms with E-state index >= 15 is 0 Å². The molecule has 0 bridgehead atoms. The van der Waals surface area contributed by atoms with Crippen molar-refractivity contribution in [2.75, 3.05) is 0 Å². The third kappa shape index (κ3) is 3.36. The van der Waals surface area contributed by atoms with Crippen molar-refractivity contribution in [3.8, 4) is 0 Å². The van der Waals surface area contributed by atoms with Crippen LogP contribution in [0.2, 0.25) is 0 Å². The molecule has 2 N–H and O–H groups in total. The van der Waals surface area contributed by atoms with Crippen molar-refractivity contribution >= 4 is 0 Å². The van der Waals surface area contributed by atoms with Crippen LogP contribution in [0.1, 0.15) is 104 Å². The third-order valence-corrected chi connectivity index (χ3v) is 11.0. The van der Waals surface area contributed by atoms with Crippen molar-refractivity contribution in [2.24, 2.45) is 40.4 Å². The summed E-state index contributed by atoms with van der Waals surface area (Å²) >= 11 is 0. The lowest BCUT2D eigenvalue weighted by Crippen LogP contribution is -2.50. The molecule has 0 radical (unpaired) electrons. The highest BCUT2D eigenvalue weighted by atomic mass is 16.3. The van der Waals surface area contributed by atoms with E-state index in [1.165, 1.54) is 51.4 Å². The minimum Gasteiger partial charge on any atom is -0.393 e. The first-order valence-corrected chi connectivity index (χ1v) is 12.9. The highest BCUT2D eigenvalue weighted by Crippen LogP contribution is 2.67. The minimum atomic E-state index is -0.269. The summed E-state index contributed by atoms with van der Waals surface area (Å²) in [6.45, 7) is 7.72. The van der Waals surface area contributed by atoms with Crippen LogP contribution in [-0.4, -0.2) is 21.9 Å². The molecule has 0 saturated heterocycles. The van der Waals surface area contributed by atoms with Crippen LogP contribution in [-0.2, 0) is 0 Å². The number of allylic oxidation sites excluding steroid dienone is 1. The molecule has 164 valence electrons. The van der Waals surface area contributed by atoms with E-state index in [2.05, 4.69) is 26.8 Å². The van der Waals surface area contributed by atoms with E-state index in [1.54, 1.807) is 5.57 Å². The van der Waals surface area contributed by atoms with E-state index < -0.39 is 0 Å². The number of hydrogen-bond donors (Lipinski definition) is 2. The fraction of sp³-hybridized carbons (Fsp3) is 0.926. The van der Waals surface area contributed by atoms with Crippen LogP contribution in [0.4, 0.5) is 0 Å². The summed E-state index contributed by atoms with van der Waals surface area (Å²) in [6.07, 6.45) is 18.2. The Labute approximate surface area is 178 Å². The van der Waals surface area contributed by atoms with E-state index in [0.717, 1.165) is 61.7 Å². The highest BCUT2D eigenvalue weighted by molar-refractivity contribution is 5.25. The van der Waals surface area contributed by atoms with Gasteiger partial charge >= 0.3 is 0 Å². The molecule has 0 spiro atoms. The van der Waals surface area contributed by atoms with Gasteiger partial charge in [-0.3, -0.25) is 0 Å². The monoisotopic (exact) mass is 400 g/mol. The van der Waals surface area contributed by atoms with Crippen LogP contribution < -0.4 is 0 Å². The van der Waals surface area contributed by atoms with Gasteiger partial charge in [-0.25, -0.2) is 0 Å². The zero-order chi connectivity index (χ0) is 20.4. The average molecular weight is 401 g/mol. The van der Waals surface area contributed by atoms with Crippen molar-refractivity contribution in [1.82, 2.24) is 0 Å². The van der Waals surface area contributed by atoms with Crippen LogP contribution in [0.5, 0.6) is 0 Å². The molecule has 6 unspecified atom stereocenters. The van der Waals surface area contributed by atoms with E-state index in [1.807, 2.05) is 0 Å². The van der Waals surface area contributed by atoms with Gasteiger partial charge in [-0.15, -0.1) is 0 Å². The number of aliphatic hydroxyl groups excluding tert-OH is 1. The first-order chi connectivity index (χ1) is 13.8. The predicted molar refractivity (Wildman–Crippen MR) is 118 cm³/mol. The summed E-state index contributed by atoms with van der Waals surface area (Å²) < 4.78 is 0. The highest BCUT2D eigenvalue weighted by Gasteiger charge is 2.59. The fourth-order valence-electron chi connectivity index (χ4n) is 8.97. The number of fused-ring (bicyclic) bond motifs is 5. The summed E-state index contributed by atoms with van der Waals surface area (Å²) in [5, 5.41) is 20.4. The first-order valence-electron chi connectivity index (χ1n) is 12.9. The molecule has 2 nitrogen and oxygen atoms in total. The van der Waals surface area contributed by atoms with E-state index in [4.69, 9.17) is 0 Å². The maximum atomic E-state index is 10.2. The molecule has 0 aromatic heterocycles. The number of hydrogen-bond acceptors (Lipinski definition) is 2. The molecule has 0 aromatic rings. The van der Waals surface area contributed by atoms with Gasteiger partial charge in [-0.2, -0.15) is 0 Å². The molecule has 4 fully saturated rings.